The first-order valence-electron chi connectivity index (χ1n) is 2.78. The molecule has 0 spiro atoms. The Bertz CT molecular complexity index is 80.6. The molecule has 0 aromatic rings. The van der Waals surface area contributed by atoms with Crippen molar-refractivity contribution in [3.63, 3.8) is 0 Å². The molecule has 1 N–H and O–H groups in total. The van der Waals surface area contributed by atoms with Crippen molar-refractivity contribution < 1.29 is 1.37 Å². The molecule has 0 saturated carbocycles. The molecule has 0 bridgehead atoms. The van der Waals surface area contributed by atoms with Gasteiger partial charge in [-0.2, -0.15) is 0 Å². The van der Waals surface area contributed by atoms with Crippen molar-refractivity contribution in [2.45, 2.75) is 0 Å². The Morgan fingerprint density at radius 3 is 2.71 bits per heavy atom. The third kappa shape index (κ3) is 5.44. The summed E-state index contributed by atoms with van der Waals surface area (Å²) >= 11 is 0. The van der Waals surface area contributed by atoms with E-state index in [1.54, 1.807) is 6.08 Å². The third-order valence-corrected chi connectivity index (χ3v) is 0.498. The van der Waals surface area contributed by atoms with E-state index < -0.39 is 0 Å². The van der Waals surface area contributed by atoms with Gasteiger partial charge in [-0.15, -0.1) is 13.2 Å². The van der Waals surface area contributed by atoms with Crippen LogP contribution < -0.4 is 5.32 Å². The van der Waals surface area contributed by atoms with Gasteiger partial charge in [0.1, 0.15) is 0 Å². The lowest BCUT2D eigenvalue weighted by Crippen LogP contribution is -2.11. The van der Waals surface area contributed by atoms with Crippen LogP contribution in [0.5, 0.6) is 0 Å². The van der Waals surface area contributed by atoms with Crippen molar-refractivity contribution in [1.82, 2.24) is 5.32 Å². The molecule has 7 heavy (non-hydrogen) atoms. The van der Waals surface area contributed by atoms with Crippen molar-refractivity contribution in [3.05, 3.63) is 25.3 Å². The molecule has 1 nitrogen and oxygen atoms in total. The molecule has 0 aliphatic rings. The van der Waals surface area contributed by atoms with Crippen LogP contribution in [0.4, 0.5) is 0 Å². The molecule has 1 atom stereocenters. The lowest BCUT2D eigenvalue weighted by Gasteiger charge is -1.90. The molecule has 0 rings (SSSR count). The first-order valence-corrected chi connectivity index (χ1v) is 2.20. The minimum Gasteiger partial charge on any atom is -0.310 e. The SMILES string of the molecule is [2H]C(C=C)NCC=C. The number of rotatable bonds is 4. The Morgan fingerprint density at radius 1 is 1.57 bits per heavy atom. The van der Waals surface area contributed by atoms with Gasteiger partial charge < -0.3 is 5.32 Å². The van der Waals surface area contributed by atoms with Crippen LogP contribution in [0.3, 0.4) is 0 Å². The summed E-state index contributed by atoms with van der Waals surface area (Å²) in [4.78, 5) is 0. The van der Waals surface area contributed by atoms with Gasteiger partial charge in [-0.1, -0.05) is 12.2 Å². The molecule has 0 aromatic heterocycles. The highest BCUT2D eigenvalue weighted by Gasteiger charge is 1.69. The second-order valence-electron chi connectivity index (χ2n) is 1.10. The van der Waals surface area contributed by atoms with Crippen molar-refractivity contribution in [2.75, 3.05) is 13.1 Å². The highest BCUT2D eigenvalue weighted by Crippen LogP contribution is 1.59. The topological polar surface area (TPSA) is 12.0 Å². The average molecular weight is 98.2 g/mol. The molecular weight excluding hydrogens is 86.1 g/mol. The molecule has 1 unspecified atom stereocenters. The van der Waals surface area contributed by atoms with E-state index in [0.717, 1.165) is 0 Å². The minimum absolute atomic E-state index is 0.354. The van der Waals surface area contributed by atoms with Crippen LogP contribution in [0.2, 0.25) is 0 Å². The quantitative estimate of drug-likeness (QED) is 0.516. The lowest BCUT2D eigenvalue weighted by atomic mass is 10.5. The maximum absolute atomic E-state index is 7.05. The van der Waals surface area contributed by atoms with E-state index >= 15 is 0 Å². The fourth-order valence-electron chi connectivity index (χ4n) is 0.235. The zero-order chi connectivity index (χ0) is 6.41. The first kappa shape index (κ1) is 4.60. The fraction of sp³-hybridized carbons (Fsp3) is 0.333. The molecule has 0 saturated heterocycles. The number of hydrogen-bond acceptors (Lipinski definition) is 1. The van der Waals surface area contributed by atoms with E-state index in [0.29, 0.717) is 6.54 Å². The third-order valence-electron chi connectivity index (χ3n) is 0.498. The van der Waals surface area contributed by atoms with Crippen LogP contribution in [-0.4, -0.2) is 13.1 Å². The number of hydrogen-bond donors (Lipinski definition) is 1. The largest absolute Gasteiger partial charge is 0.310 e. The van der Waals surface area contributed by atoms with E-state index in [4.69, 9.17) is 1.37 Å². The van der Waals surface area contributed by atoms with E-state index in [1.807, 2.05) is 0 Å². The standard InChI is InChI=1S/C6H11N/c1-3-5-7-6-4-2/h3-4,7H,1-2,5-6H2/i5D. The van der Waals surface area contributed by atoms with Gasteiger partial charge in [-0.25, -0.2) is 0 Å². The summed E-state index contributed by atoms with van der Waals surface area (Å²) in [6, 6.07) is 0. The van der Waals surface area contributed by atoms with Crippen LogP contribution in [0.1, 0.15) is 1.37 Å². The van der Waals surface area contributed by atoms with Gasteiger partial charge in [-0.05, 0) is 0 Å². The van der Waals surface area contributed by atoms with E-state index in [9.17, 15) is 0 Å². The lowest BCUT2D eigenvalue weighted by molar-refractivity contribution is 0.845. The van der Waals surface area contributed by atoms with Crippen molar-refractivity contribution >= 4 is 0 Å². The second kappa shape index (κ2) is 5.44. The number of nitrogens with one attached hydrogen (secondary N) is 1. The summed E-state index contributed by atoms with van der Waals surface area (Å²) in [6.45, 7) is 7.23. The molecule has 0 fully saturated rings. The van der Waals surface area contributed by atoms with Crippen LogP contribution in [0.25, 0.3) is 0 Å². The summed E-state index contributed by atoms with van der Waals surface area (Å²) in [5, 5.41) is 2.81. The monoisotopic (exact) mass is 98.1 g/mol. The highest BCUT2D eigenvalue weighted by atomic mass is 14.8. The smallest absolute Gasteiger partial charge is 0.0473 e. The van der Waals surface area contributed by atoms with Gasteiger partial charge >= 0.3 is 0 Å². The van der Waals surface area contributed by atoms with Crippen LogP contribution in [0, 0.1) is 0 Å². The highest BCUT2D eigenvalue weighted by molar-refractivity contribution is 4.75. The van der Waals surface area contributed by atoms with E-state index in [2.05, 4.69) is 18.5 Å². The Hall–Kier alpha value is -0.560. The fourth-order valence-corrected chi connectivity index (χ4v) is 0.235. The Morgan fingerprint density at radius 2 is 2.29 bits per heavy atom. The van der Waals surface area contributed by atoms with E-state index in [-0.39, 0.29) is 6.52 Å². The van der Waals surface area contributed by atoms with Crippen LogP contribution >= 0.6 is 0 Å². The van der Waals surface area contributed by atoms with Gasteiger partial charge in [0.05, 0.1) is 0 Å². The summed E-state index contributed by atoms with van der Waals surface area (Å²) in [5.41, 5.74) is 0. The van der Waals surface area contributed by atoms with Crippen LogP contribution in [0.15, 0.2) is 25.3 Å². The first-order chi connectivity index (χ1) is 3.81. The summed E-state index contributed by atoms with van der Waals surface area (Å²) in [7, 11) is 0. The summed E-state index contributed by atoms with van der Waals surface area (Å²) in [5.74, 6) is 0. The average Bonchev–Trinajstić information content (AvgIpc) is 1.83. The zero-order valence-corrected chi connectivity index (χ0v) is 4.35. The molecule has 0 aromatic carbocycles. The van der Waals surface area contributed by atoms with Crippen molar-refractivity contribution in [3.8, 4) is 0 Å². The Labute approximate surface area is 46.1 Å². The molecule has 0 radical (unpaired) electrons. The second-order valence-corrected chi connectivity index (χ2v) is 1.10. The predicted molar refractivity (Wildman–Crippen MR) is 33.3 cm³/mol. The summed E-state index contributed by atoms with van der Waals surface area (Å²) in [6.07, 6.45) is 3.24. The van der Waals surface area contributed by atoms with Gasteiger partial charge in [0.25, 0.3) is 0 Å². The van der Waals surface area contributed by atoms with Gasteiger partial charge in [0, 0.05) is 14.4 Å². The molecular formula is C6H11N. The predicted octanol–water partition coefficient (Wildman–Crippen LogP) is 0.948. The van der Waals surface area contributed by atoms with Crippen LogP contribution in [-0.2, 0) is 0 Å². The molecule has 0 amide bonds. The normalized spacial score (nSPS) is 14.6. The van der Waals surface area contributed by atoms with Crippen molar-refractivity contribution in [1.29, 1.82) is 0 Å². The molecule has 0 aliphatic carbocycles. The van der Waals surface area contributed by atoms with Gasteiger partial charge in [-0.3, -0.25) is 0 Å². The zero-order valence-electron chi connectivity index (χ0n) is 5.35. The Kier molecular flexibility index (Phi) is 3.57. The maximum Gasteiger partial charge on any atom is 0.0473 e. The summed E-state index contributed by atoms with van der Waals surface area (Å²) < 4.78 is 7.05. The molecule has 40 valence electrons. The minimum atomic E-state index is -0.354. The molecule has 1 heteroatoms. The molecule has 0 heterocycles. The van der Waals surface area contributed by atoms with E-state index in [1.165, 1.54) is 6.08 Å². The maximum atomic E-state index is 7.05. The van der Waals surface area contributed by atoms with Crippen molar-refractivity contribution in [2.24, 2.45) is 0 Å². The Balaban J connectivity index is 3.09. The van der Waals surface area contributed by atoms with Gasteiger partial charge in [0.15, 0.2) is 0 Å². The molecule has 0 aliphatic heterocycles. The van der Waals surface area contributed by atoms with Gasteiger partial charge in [0.2, 0.25) is 0 Å².